The van der Waals surface area contributed by atoms with Crippen molar-refractivity contribution in [2.24, 2.45) is 0 Å². The van der Waals surface area contributed by atoms with Crippen molar-refractivity contribution in [1.29, 1.82) is 0 Å². The Hall–Kier alpha value is -0.570. The smallest absolute Gasteiger partial charge is 0.0728 e. The minimum Gasteiger partial charge on any atom is -0.392 e. The highest BCUT2D eigenvalue weighted by Crippen LogP contribution is 2.26. The van der Waals surface area contributed by atoms with Crippen LogP contribution in [-0.4, -0.2) is 11.0 Å². The summed E-state index contributed by atoms with van der Waals surface area (Å²) in [5.74, 6) is 0.723. The average molecular weight is 241 g/mol. The third-order valence-electron chi connectivity index (χ3n) is 3.02. The van der Waals surface area contributed by atoms with Gasteiger partial charge in [-0.15, -0.1) is 11.6 Å². The van der Waals surface area contributed by atoms with Crippen LogP contribution in [0.25, 0.3) is 0 Å². The number of ether oxygens (including phenoxy) is 1. The molecule has 3 heteroatoms. The first-order valence-electron chi connectivity index (χ1n) is 5.73. The van der Waals surface area contributed by atoms with Crippen LogP contribution in [0.4, 0.5) is 0 Å². The van der Waals surface area contributed by atoms with Gasteiger partial charge in [0.25, 0.3) is 0 Å². The molecule has 1 N–H and O–H groups in total. The Morgan fingerprint density at radius 1 is 1.25 bits per heavy atom. The van der Waals surface area contributed by atoms with E-state index in [-0.39, 0.29) is 6.61 Å². The number of benzene rings is 1. The molecule has 0 amide bonds. The molecule has 0 radical (unpaired) electrons. The maximum absolute atomic E-state index is 9.32. The van der Waals surface area contributed by atoms with Gasteiger partial charge in [0.05, 0.1) is 19.8 Å². The van der Waals surface area contributed by atoms with E-state index in [0.29, 0.717) is 13.2 Å². The Morgan fingerprint density at radius 2 is 2.12 bits per heavy atom. The first kappa shape index (κ1) is 11.9. The lowest BCUT2D eigenvalue weighted by Crippen LogP contribution is -1.97. The molecule has 1 aliphatic heterocycles. The topological polar surface area (TPSA) is 29.5 Å². The molecule has 0 atom stereocenters. The highest BCUT2D eigenvalue weighted by molar-refractivity contribution is 6.17. The lowest BCUT2D eigenvalue weighted by atomic mass is 9.97. The van der Waals surface area contributed by atoms with Crippen molar-refractivity contribution >= 4 is 11.6 Å². The monoisotopic (exact) mass is 240 g/mol. The van der Waals surface area contributed by atoms with Gasteiger partial charge in [-0.1, -0.05) is 12.1 Å². The summed E-state index contributed by atoms with van der Waals surface area (Å²) >= 11 is 5.66. The predicted molar refractivity (Wildman–Crippen MR) is 64.5 cm³/mol. The van der Waals surface area contributed by atoms with Gasteiger partial charge in [0.1, 0.15) is 0 Å². The minimum atomic E-state index is 0.106. The molecule has 0 spiro atoms. The molecule has 0 bridgehead atoms. The zero-order valence-corrected chi connectivity index (χ0v) is 10.1. The Balaban J connectivity index is 2.14. The Bertz CT molecular complexity index is 363. The van der Waals surface area contributed by atoms with E-state index in [4.69, 9.17) is 16.3 Å². The summed E-state index contributed by atoms with van der Waals surface area (Å²) in [6, 6.07) is 4.30. The minimum absolute atomic E-state index is 0.106. The molecule has 1 aromatic carbocycles. The summed E-state index contributed by atoms with van der Waals surface area (Å²) in [7, 11) is 0. The fourth-order valence-electron chi connectivity index (χ4n) is 2.16. The molecule has 2 rings (SSSR count). The molecule has 0 fully saturated rings. The zero-order valence-electron chi connectivity index (χ0n) is 9.34. The van der Waals surface area contributed by atoms with Gasteiger partial charge >= 0.3 is 0 Å². The third-order valence-corrected chi connectivity index (χ3v) is 3.29. The third kappa shape index (κ3) is 2.57. The molecule has 16 heavy (non-hydrogen) atoms. The molecule has 0 aliphatic carbocycles. The van der Waals surface area contributed by atoms with Crippen LogP contribution >= 0.6 is 11.6 Å². The summed E-state index contributed by atoms with van der Waals surface area (Å²) in [5.41, 5.74) is 4.74. The molecule has 2 nitrogen and oxygen atoms in total. The number of aliphatic hydroxyl groups excluding tert-OH is 1. The van der Waals surface area contributed by atoms with E-state index >= 15 is 0 Å². The van der Waals surface area contributed by atoms with Gasteiger partial charge in [-0.3, -0.25) is 0 Å². The SMILES string of the molecule is OCc1cc(CCCCCl)cc2c1COC2. The number of hydrogen-bond donors (Lipinski definition) is 1. The van der Waals surface area contributed by atoms with Crippen molar-refractivity contribution in [3.8, 4) is 0 Å². The average Bonchev–Trinajstić information content (AvgIpc) is 2.76. The Labute approximate surface area is 101 Å². The standard InChI is InChI=1S/C13H17ClO2/c14-4-2-1-3-10-5-11(7-15)13-9-16-8-12(13)6-10/h5-6,15H,1-4,7-9H2. The number of fused-ring (bicyclic) bond motifs is 1. The number of aliphatic hydroxyl groups is 1. The summed E-state index contributed by atoms with van der Waals surface area (Å²) in [6.07, 6.45) is 3.19. The number of unbranched alkanes of at least 4 members (excludes halogenated alkanes) is 1. The second-order valence-corrected chi connectivity index (χ2v) is 4.57. The van der Waals surface area contributed by atoms with E-state index in [0.717, 1.165) is 30.7 Å². The predicted octanol–water partition coefficient (Wildman–Crippen LogP) is 2.77. The fraction of sp³-hybridized carbons (Fsp3) is 0.538. The number of aryl methyl sites for hydroxylation is 1. The van der Waals surface area contributed by atoms with Gasteiger partial charge in [0.15, 0.2) is 0 Å². The van der Waals surface area contributed by atoms with Gasteiger partial charge in [0.2, 0.25) is 0 Å². The molecule has 0 saturated heterocycles. The van der Waals surface area contributed by atoms with Crippen molar-refractivity contribution in [2.45, 2.75) is 39.1 Å². The van der Waals surface area contributed by atoms with Crippen LogP contribution in [0.2, 0.25) is 0 Å². The maximum Gasteiger partial charge on any atom is 0.0728 e. The van der Waals surface area contributed by atoms with Gasteiger partial charge in [0, 0.05) is 5.88 Å². The molecule has 0 unspecified atom stereocenters. The maximum atomic E-state index is 9.32. The van der Waals surface area contributed by atoms with E-state index in [1.807, 2.05) is 0 Å². The summed E-state index contributed by atoms with van der Waals surface area (Å²) in [4.78, 5) is 0. The van der Waals surface area contributed by atoms with Crippen LogP contribution in [0.15, 0.2) is 12.1 Å². The molecule has 0 aromatic heterocycles. The summed E-state index contributed by atoms with van der Waals surface area (Å²) in [6.45, 7) is 1.44. The van der Waals surface area contributed by atoms with Gasteiger partial charge < -0.3 is 9.84 Å². The van der Waals surface area contributed by atoms with Gasteiger partial charge in [-0.25, -0.2) is 0 Å². The zero-order chi connectivity index (χ0) is 11.4. The van der Waals surface area contributed by atoms with Crippen LogP contribution < -0.4 is 0 Å². The first-order valence-corrected chi connectivity index (χ1v) is 6.26. The molecule has 1 aromatic rings. The highest BCUT2D eigenvalue weighted by Gasteiger charge is 2.15. The summed E-state index contributed by atoms with van der Waals surface area (Å²) in [5, 5.41) is 9.32. The fourth-order valence-corrected chi connectivity index (χ4v) is 2.34. The van der Waals surface area contributed by atoms with Gasteiger partial charge in [-0.2, -0.15) is 0 Å². The number of halogens is 1. The van der Waals surface area contributed by atoms with E-state index in [1.54, 1.807) is 0 Å². The van der Waals surface area contributed by atoms with Crippen molar-refractivity contribution in [3.05, 3.63) is 34.4 Å². The first-order chi connectivity index (χ1) is 7.85. The molecule has 88 valence electrons. The normalized spacial score (nSPS) is 14.1. The molecule has 0 saturated carbocycles. The van der Waals surface area contributed by atoms with E-state index in [2.05, 4.69) is 12.1 Å². The highest BCUT2D eigenvalue weighted by atomic mass is 35.5. The molecule has 1 heterocycles. The largest absolute Gasteiger partial charge is 0.392 e. The lowest BCUT2D eigenvalue weighted by Gasteiger charge is -2.08. The quantitative estimate of drug-likeness (QED) is 0.634. The van der Waals surface area contributed by atoms with Crippen LogP contribution in [0.1, 0.15) is 35.1 Å². The second kappa shape index (κ2) is 5.67. The van der Waals surface area contributed by atoms with Crippen LogP contribution in [0, 0.1) is 0 Å². The van der Waals surface area contributed by atoms with E-state index < -0.39 is 0 Å². The van der Waals surface area contributed by atoms with Crippen molar-refractivity contribution in [1.82, 2.24) is 0 Å². The van der Waals surface area contributed by atoms with Crippen LogP contribution in [-0.2, 0) is 31.0 Å². The number of hydrogen-bond acceptors (Lipinski definition) is 2. The van der Waals surface area contributed by atoms with E-state index in [1.165, 1.54) is 16.7 Å². The molecular weight excluding hydrogens is 224 g/mol. The lowest BCUT2D eigenvalue weighted by molar-refractivity contribution is 0.133. The van der Waals surface area contributed by atoms with Crippen molar-refractivity contribution in [2.75, 3.05) is 5.88 Å². The molecule has 1 aliphatic rings. The van der Waals surface area contributed by atoms with Gasteiger partial charge in [-0.05, 0) is 41.5 Å². The van der Waals surface area contributed by atoms with Crippen molar-refractivity contribution < 1.29 is 9.84 Å². The van der Waals surface area contributed by atoms with Crippen LogP contribution in [0.3, 0.4) is 0 Å². The Morgan fingerprint density at radius 3 is 2.88 bits per heavy atom. The van der Waals surface area contributed by atoms with E-state index in [9.17, 15) is 5.11 Å². The molecular formula is C13H17ClO2. The second-order valence-electron chi connectivity index (χ2n) is 4.19. The number of alkyl halides is 1. The summed E-state index contributed by atoms with van der Waals surface area (Å²) < 4.78 is 5.41. The van der Waals surface area contributed by atoms with Crippen molar-refractivity contribution in [3.63, 3.8) is 0 Å². The van der Waals surface area contributed by atoms with Crippen LogP contribution in [0.5, 0.6) is 0 Å². The Kier molecular flexibility index (Phi) is 4.22. The number of rotatable bonds is 5.